The van der Waals surface area contributed by atoms with Gasteiger partial charge in [0.15, 0.2) is 0 Å². The lowest BCUT2D eigenvalue weighted by Gasteiger charge is -2.29. The van der Waals surface area contributed by atoms with Gasteiger partial charge in [0, 0.05) is 52.1 Å². The SMILES string of the molecule is CCCCCCCCCC(=O)NCCCN(CCCNC(=O)CCCCCCCCC)CCCN1CCNCC1. The fourth-order valence-electron chi connectivity index (χ4n) is 5.51. The van der Waals surface area contributed by atoms with Crippen LogP contribution in [0.5, 0.6) is 0 Å². The number of hydrogen-bond acceptors (Lipinski definition) is 5. The average molecular weight is 566 g/mol. The predicted octanol–water partition coefficient (Wildman–Crippen LogP) is 5.88. The summed E-state index contributed by atoms with van der Waals surface area (Å²) in [7, 11) is 0. The van der Waals surface area contributed by atoms with Crippen molar-refractivity contribution in [2.75, 3.05) is 65.4 Å². The summed E-state index contributed by atoms with van der Waals surface area (Å²) in [5, 5.41) is 9.71. The van der Waals surface area contributed by atoms with Crippen LogP contribution >= 0.6 is 0 Å². The lowest BCUT2D eigenvalue weighted by atomic mass is 10.1. The number of amides is 2. The van der Waals surface area contributed by atoms with Gasteiger partial charge in [-0.15, -0.1) is 0 Å². The summed E-state index contributed by atoms with van der Waals surface area (Å²) in [4.78, 5) is 29.5. The minimum atomic E-state index is 0.211. The number of carbonyl (C=O) groups is 2. The van der Waals surface area contributed by atoms with Gasteiger partial charge >= 0.3 is 0 Å². The average Bonchev–Trinajstić information content (AvgIpc) is 2.96. The lowest BCUT2D eigenvalue weighted by molar-refractivity contribution is -0.122. The normalized spacial score (nSPS) is 14.1. The number of carbonyl (C=O) groups excluding carboxylic acids is 2. The molecule has 3 N–H and O–H groups in total. The van der Waals surface area contributed by atoms with Gasteiger partial charge in [0.25, 0.3) is 0 Å². The van der Waals surface area contributed by atoms with E-state index in [1.165, 1.54) is 83.5 Å². The maximum atomic E-state index is 12.2. The van der Waals surface area contributed by atoms with Crippen molar-refractivity contribution in [2.45, 2.75) is 136 Å². The maximum absolute atomic E-state index is 12.2. The van der Waals surface area contributed by atoms with E-state index in [2.05, 4.69) is 39.6 Å². The van der Waals surface area contributed by atoms with E-state index in [0.717, 1.165) is 91.1 Å². The Balaban J connectivity index is 2.19. The lowest BCUT2D eigenvalue weighted by Crippen LogP contribution is -2.44. The van der Waals surface area contributed by atoms with Gasteiger partial charge in [0.2, 0.25) is 11.8 Å². The fraction of sp³-hybridized carbons (Fsp3) is 0.939. The maximum Gasteiger partial charge on any atom is 0.219 e. The summed E-state index contributed by atoms with van der Waals surface area (Å²) in [5.41, 5.74) is 0. The molecular weight excluding hydrogens is 498 g/mol. The number of hydrogen-bond donors (Lipinski definition) is 3. The summed E-state index contributed by atoms with van der Waals surface area (Å²) < 4.78 is 0. The molecule has 0 bridgehead atoms. The second kappa shape index (κ2) is 28.0. The van der Waals surface area contributed by atoms with Gasteiger partial charge in [-0.05, 0) is 58.3 Å². The summed E-state index contributed by atoms with van der Waals surface area (Å²) >= 11 is 0. The smallest absolute Gasteiger partial charge is 0.219 e. The van der Waals surface area contributed by atoms with Crippen LogP contribution in [0.4, 0.5) is 0 Å². The molecule has 40 heavy (non-hydrogen) atoms. The third-order valence-electron chi connectivity index (χ3n) is 8.12. The van der Waals surface area contributed by atoms with Crippen LogP contribution in [0.25, 0.3) is 0 Å². The van der Waals surface area contributed by atoms with Crippen LogP contribution in [0.2, 0.25) is 0 Å². The van der Waals surface area contributed by atoms with Crippen LogP contribution in [0.15, 0.2) is 0 Å². The van der Waals surface area contributed by atoms with Crippen LogP contribution in [0.1, 0.15) is 136 Å². The fourth-order valence-corrected chi connectivity index (χ4v) is 5.51. The number of piperazine rings is 1. The zero-order chi connectivity index (χ0) is 28.9. The molecule has 1 aliphatic rings. The quantitative estimate of drug-likeness (QED) is 0.103. The summed E-state index contributed by atoms with van der Waals surface area (Å²) in [6.07, 6.45) is 21.9. The highest BCUT2D eigenvalue weighted by molar-refractivity contribution is 5.76. The van der Waals surface area contributed by atoms with E-state index in [9.17, 15) is 9.59 Å². The Morgan fingerprint density at radius 3 is 1.50 bits per heavy atom. The van der Waals surface area contributed by atoms with Crippen LogP contribution in [0.3, 0.4) is 0 Å². The van der Waals surface area contributed by atoms with E-state index in [4.69, 9.17) is 0 Å². The molecule has 0 saturated carbocycles. The Hall–Kier alpha value is -1.18. The molecule has 236 valence electrons. The van der Waals surface area contributed by atoms with Gasteiger partial charge in [-0.3, -0.25) is 9.59 Å². The zero-order valence-corrected chi connectivity index (χ0v) is 26.7. The van der Waals surface area contributed by atoms with E-state index in [1.807, 2.05) is 0 Å². The van der Waals surface area contributed by atoms with Gasteiger partial charge in [0.05, 0.1) is 0 Å². The number of rotatable bonds is 28. The molecule has 1 saturated heterocycles. The molecule has 0 spiro atoms. The van der Waals surface area contributed by atoms with Gasteiger partial charge in [-0.1, -0.05) is 90.9 Å². The topological polar surface area (TPSA) is 76.7 Å². The van der Waals surface area contributed by atoms with Crippen molar-refractivity contribution in [3.05, 3.63) is 0 Å². The second-order valence-corrected chi connectivity index (χ2v) is 11.9. The van der Waals surface area contributed by atoms with Crippen molar-refractivity contribution in [2.24, 2.45) is 0 Å². The molecule has 1 aliphatic heterocycles. The van der Waals surface area contributed by atoms with Gasteiger partial charge in [0.1, 0.15) is 0 Å². The molecular formula is C33H67N5O2. The van der Waals surface area contributed by atoms with E-state index < -0.39 is 0 Å². The van der Waals surface area contributed by atoms with Crippen LogP contribution in [-0.4, -0.2) is 87.1 Å². The summed E-state index contributed by atoms with van der Waals surface area (Å²) in [5.74, 6) is 0.421. The molecule has 1 heterocycles. The van der Waals surface area contributed by atoms with E-state index in [1.54, 1.807) is 0 Å². The minimum Gasteiger partial charge on any atom is -0.356 e. The first-order chi connectivity index (χ1) is 19.7. The van der Waals surface area contributed by atoms with Crippen molar-refractivity contribution in [3.63, 3.8) is 0 Å². The van der Waals surface area contributed by atoms with Crippen molar-refractivity contribution in [3.8, 4) is 0 Å². The molecule has 0 aromatic heterocycles. The van der Waals surface area contributed by atoms with Gasteiger partial charge < -0.3 is 25.8 Å². The molecule has 1 rings (SSSR count). The van der Waals surface area contributed by atoms with Gasteiger partial charge in [-0.2, -0.15) is 0 Å². The molecule has 7 nitrogen and oxygen atoms in total. The van der Waals surface area contributed by atoms with Crippen LogP contribution in [0, 0.1) is 0 Å². The van der Waals surface area contributed by atoms with E-state index in [-0.39, 0.29) is 11.8 Å². The Labute approximate surface area is 248 Å². The Morgan fingerprint density at radius 2 is 1.02 bits per heavy atom. The molecule has 0 aromatic rings. The molecule has 0 radical (unpaired) electrons. The van der Waals surface area contributed by atoms with Gasteiger partial charge in [-0.25, -0.2) is 0 Å². The monoisotopic (exact) mass is 566 g/mol. The molecule has 0 aromatic carbocycles. The molecule has 0 atom stereocenters. The van der Waals surface area contributed by atoms with E-state index in [0.29, 0.717) is 12.8 Å². The Morgan fingerprint density at radius 1 is 0.600 bits per heavy atom. The van der Waals surface area contributed by atoms with Crippen LogP contribution < -0.4 is 16.0 Å². The first-order valence-electron chi connectivity index (χ1n) is 17.3. The third kappa shape index (κ3) is 23.5. The largest absolute Gasteiger partial charge is 0.356 e. The molecule has 7 heteroatoms. The molecule has 0 unspecified atom stereocenters. The molecule has 0 aliphatic carbocycles. The standard InChI is InChI=1S/C33H67N5O2/c1-3-5-7-9-11-13-15-20-32(39)35-22-17-26-37(28-19-29-38-30-24-34-25-31-38)27-18-23-36-33(40)21-16-14-12-10-8-6-4-2/h34H,3-31H2,1-2H3,(H,35,39)(H,36,40). The van der Waals surface area contributed by atoms with Crippen molar-refractivity contribution < 1.29 is 9.59 Å². The number of unbranched alkanes of at least 4 members (excludes halogenated alkanes) is 12. The van der Waals surface area contributed by atoms with E-state index >= 15 is 0 Å². The highest BCUT2D eigenvalue weighted by Crippen LogP contribution is 2.09. The summed E-state index contributed by atoms with van der Waals surface area (Å²) in [6.45, 7) is 14.8. The van der Waals surface area contributed by atoms with Crippen molar-refractivity contribution in [1.29, 1.82) is 0 Å². The zero-order valence-electron chi connectivity index (χ0n) is 26.7. The number of nitrogens with zero attached hydrogens (tertiary/aromatic N) is 2. The molecule has 2 amide bonds. The van der Waals surface area contributed by atoms with Crippen LogP contribution in [-0.2, 0) is 9.59 Å². The Kier molecular flexibility index (Phi) is 25.8. The first-order valence-corrected chi connectivity index (χ1v) is 17.3. The van der Waals surface area contributed by atoms with Crippen molar-refractivity contribution >= 4 is 11.8 Å². The first kappa shape index (κ1) is 36.8. The highest BCUT2D eigenvalue weighted by atomic mass is 16.2. The highest BCUT2D eigenvalue weighted by Gasteiger charge is 2.11. The Bertz CT molecular complexity index is 545. The minimum absolute atomic E-state index is 0.211. The molecule has 1 fully saturated rings. The summed E-state index contributed by atoms with van der Waals surface area (Å²) in [6, 6.07) is 0. The number of nitrogens with one attached hydrogen (secondary N) is 3. The second-order valence-electron chi connectivity index (χ2n) is 11.9. The predicted molar refractivity (Wildman–Crippen MR) is 171 cm³/mol. The third-order valence-corrected chi connectivity index (χ3v) is 8.12. The van der Waals surface area contributed by atoms with Crippen molar-refractivity contribution in [1.82, 2.24) is 25.8 Å².